The zero-order valence-corrected chi connectivity index (χ0v) is 15.6. The fourth-order valence-electron chi connectivity index (χ4n) is 2.24. The van der Waals surface area contributed by atoms with Crippen molar-refractivity contribution >= 4 is 35.0 Å². The smallest absolute Gasteiger partial charge is 0.234 e. The highest BCUT2D eigenvalue weighted by molar-refractivity contribution is 7.99. The first kappa shape index (κ1) is 18.2. The molecule has 2 aromatic carbocycles. The maximum atomic E-state index is 12.0. The van der Waals surface area contributed by atoms with Gasteiger partial charge in [0.2, 0.25) is 5.91 Å². The number of carbonyl (C=O) groups excluding carboxylic acids is 1. The lowest BCUT2D eigenvalue weighted by molar-refractivity contribution is -0.113. The summed E-state index contributed by atoms with van der Waals surface area (Å²) >= 11 is 7.22. The largest absolute Gasteiger partial charge is 0.497 e. The van der Waals surface area contributed by atoms with Gasteiger partial charge in [-0.1, -0.05) is 41.6 Å². The average molecular weight is 386 g/mol. The van der Waals surface area contributed by atoms with Crippen molar-refractivity contribution in [3.8, 4) is 17.0 Å². The van der Waals surface area contributed by atoms with Crippen molar-refractivity contribution in [1.29, 1.82) is 0 Å². The second-order valence-electron chi connectivity index (χ2n) is 5.34. The number of ether oxygens (including phenoxy) is 1. The lowest BCUT2D eigenvalue weighted by atomic mass is 10.1. The number of nitrogens with one attached hydrogen (secondary N) is 1. The van der Waals surface area contributed by atoms with Crippen LogP contribution in [-0.2, 0) is 4.79 Å². The number of methoxy groups -OCH3 is 1. The number of amides is 1. The molecule has 0 unspecified atom stereocenters. The van der Waals surface area contributed by atoms with E-state index in [0.29, 0.717) is 15.7 Å². The summed E-state index contributed by atoms with van der Waals surface area (Å²) in [5, 5.41) is 12.5. The van der Waals surface area contributed by atoms with Crippen molar-refractivity contribution in [2.24, 2.45) is 0 Å². The van der Waals surface area contributed by atoms with E-state index < -0.39 is 0 Å². The predicted molar refractivity (Wildman–Crippen MR) is 105 cm³/mol. The number of nitrogens with zero attached hydrogens (tertiary/aromatic N) is 2. The van der Waals surface area contributed by atoms with Crippen LogP contribution in [0.25, 0.3) is 11.3 Å². The molecule has 0 saturated heterocycles. The van der Waals surface area contributed by atoms with Gasteiger partial charge in [0.25, 0.3) is 0 Å². The molecule has 0 aliphatic rings. The summed E-state index contributed by atoms with van der Waals surface area (Å²) in [5.41, 5.74) is 2.34. The number of hydrogen-bond donors (Lipinski definition) is 1. The van der Waals surface area contributed by atoms with Crippen molar-refractivity contribution in [3.05, 3.63) is 65.7 Å². The van der Waals surface area contributed by atoms with Crippen LogP contribution >= 0.6 is 23.4 Å². The Balaban J connectivity index is 1.58. The molecule has 0 bridgehead atoms. The SMILES string of the molecule is COc1cccc(-c2ccc(SCC(=O)Nc3cccc(Cl)c3)nn2)c1. The van der Waals surface area contributed by atoms with E-state index in [-0.39, 0.29) is 11.7 Å². The second kappa shape index (κ2) is 8.69. The molecule has 0 radical (unpaired) electrons. The highest BCUT2D eigenvalue weighted by atomic mass is 35.5. The Kier molecular flexibility index (Phi) is 6.09. The maximum absolute atomic E-state index is 12.0. The highest BCUT2D eigenvalue weighted by Crippen LogP contribution is 2.23. The van der Waals surface area contributed by atoms with Gasteiger partial charge in [0.1, 0.15) is 10.8 Å². The molecule has 3 aromatic rings. The molecule has 5 nitrogen and oxygen atoms in total. The molecular formula is C19H16ClN3O2S. The van der Waals surface area contributed by atoms with Crippen LogP contribution in [0, 0.1) is 0 Å². The van der Waals surface area contributed by atoms with Crippen molar-refractivity contribution in [3.63, 3.8) is 0 Å². The summed E-state index contributed by atoms with van der Waals surface area (Å²) in [6.45, 7) is 0. The van der Waals surface area contributed by atoms with Crippen molar-refractivity contribution in [2.45, 2.75) is 5.03 Å². The van der Waals surface area contributed by atoms with Gasteiger partial charge in [-0.05, 0) is 42.5 Å². The fraction of sp³-hybridized carbons (Fsp3) is 0.105. The molecular weight excluding hydrogens is 370 g/mol. The first-order valence-electron chi connectivity index (χ1n) is 7.80. The molecule has 0 aliphatic carbocycles. The number of carbonyl (C=O) groups is 1. The standard InChI is InChI=1S/C19H16ClN3O2S/c1-25-16-7-2-4-13(10-16)17-8-9-19(23-22-17)26-12-18(24)21-15-6-3-5-14(20)11-15/h2-11H,12H2,1H3,(H,21,24). The van der Waals surface area contributed by atoms with E-state index in [1.54, 1.807) is 31.4 Å². The van der Waals surface area contributed by atoms with Crippen LogP contribution in [0.3, 0.4) is 0 Å². The van der Waals surface area contributed by atoms with Crippen LogP contribution < -0.4 is 10.1 Å². The molecule has 0 aliphatic heterocycles. The van der Waals surface area contributed by atoms with Gasteiger partial charge in [-0.2, -0.15) is 0 Å². The van der Waals surface area contributed by atoms with E-state index in [1.165, 1.54) is 11.8 Å². The zero-order valence-electron chi connectivity index (χ0n) is 14.0. The Morgan fingerprint density at radius 2 is 1.96 bits per heavy atom. The van der Waals surface area contributed by atoms with Crippen LogP contribution in [0.2, 0.25) is 5.02 Å². The van der Waals surface area contributed by atoms with Crippen molar-refractivity contribution in [2.75, 3.05) is 18.2 Å². The Hall–Kier alpha value is -2.57. The molecule has 0 spiro atoms. The van der Waals surface area contributed by atoms with Crippen LogP contribution in [0.5, 0.6) is 5.75 Å². The molecule has 1 heterocycles. The molecule has 132 valence electrons. The van der Waals surface area contributed by atoms with Gasteiger partial charge in [-0.15, -0.1) is 10.2 Å². The normalized spacial score (nSPS) is 10.4. The number of rotatable bonds is 6. The molecule has 3 rings (SSSR count). The maximum Gasteiger partial charge on any atom is 0.234 e. The van der Waals surface area contributed by atoms with Crippen molar-refractivity contribution < 1.29 is 9.53 Å². The summed E-state index contributed by atoms with van der Waals surface area (Å²) in [7, 11) is 1.62. The second-order valence-corrected chi connectivity index (χ2v) is 6.77. The average Bonchev–Trinajstić information content (AvgIpc) is 2.67. The molecule has 1 N–H and O–H groups in total. The molecule has 0 saturated carbocycles. The number of aromatic nitrogens is 2. The van der Waals surface area contributed by atoms with E-state index >= 15 is 0 Å². The summed E-state index contributed by atoms with van der Waals surface area (Å²) < 4.78 is 5.22. The van der Waals surface area contributed by atoms with E-state index in [4.69, 9.17) is 16.3 Å². The fourth-order valence-corrected chi connectivity index (χ4v) is 3.04. The van der Waals surface area contributed by atoms with Crippen LogP contribution in [0.1, 0.15) is 0 Å². The minimum atomic E-state index is -0.129. The predicted octanol–water partition coefficient (Wildman–Crippen LogP) is 4.54. The Morgan fingerprint density at radius 1 is 1.12 bits per heavy atom. The van der Waals surface area contributed by atoms with Gasteiger partial charge in [-0.25, -0.2) is 0 Å². The number of hydrogen-bond acceptors (Lipinski definition) is 5. The summed E-state index contributed by atoms with van der Waals surface area (Å²) in [5.74, 6) is 0.871. The van der Waals surface area contributed by atoms with E-state index in [1.807, 2.05) is 36.4 Å². The lowest BCUT2D eigenvalue weighted by Crippen LogP contribution is -2.14. The molecule has 1 amide bonds. The number of benzene rings is 2. The van der Waals surface area contributed by atoms with E-state index in [9.17, 15) is 4.79 Å². The zero-order chi connectivity index (χ0) is 18.4. The third-order valence-corrected chi connectivity index (χ3v) is 4.62. The molecule has 7 heteroatoms. The first-order valence-corrected chi connectivity index (χ1v) is 9.17. The van der Waals surface area contributed by atoms with Gasteiger partial charge < -0.3 is 10.1 Å². The van der Waals surface area contributed by atoms with Crippen LogP contribution in [-0.4, -0.2) is 29.0 Å². The van der Waals surface area contributed by atoms with Gasteiger partial charge in [0.05, 0.1) is 18.6 Å². The molecule has 1 aromatic heterocycles. The topological polar surface area (TPSA) is 64.1 Å². The highest BCUT2D eigenvalue weighted by Gasteiger charge is 2.07. The number of anilines is 1. The number of halogens is 1. The summed E-state index contributed by atoms with van der Waals surface area (Å²) in [6, 6.07) is 18.4. The van der Waals surface area contributed by atoms with E-state index in [0.717, 1.165) is 17.0 Å². The minimum Gasteiger partial charge on any atom is -0.497 e. The van der Waals surface area contributed by atoms with E-state index in [2.05, 4.69) is 15.5 Å². The first-order chi connectivity index (χ1) is 12.6. The van der Waals surface area contributed by atoms with Gasteiger partial charge in [0.15, 0.2) is 0 Å². The van der Waals surface area contributed by atoms with Crippen LogP contribution in [0.4, 0.5) is 5.69 Å². The third-order valence-electron chi connectivity index (χ3n) is 3.47. The molecule has 0 fully saturated rings. The monoisotopic (exact) mass is 385 g/mol. The quantitative estimate of drug-likeness (QED) is 0.631. The van der Waals surface area contributed by atoms with Gasteiger partial charge in [-0.3, -0.25) is 4.79 Å². The van der Waals surface area contributed by atoms with Crippen molar-refractivity contribution in [1.82, 2.24) is 10.2 Å². The number of thioether (sulfide) groups is 1. The Bertz CT molecular complexity index is 903. The van der Waals surface area contributed by atoms with Gasteiger partial charge >= 0.3 is 0 Å². The summed E-state index contributed by atoms with van der Waals surface area (Å²) in [6.07, 6.45) is 0. The molecule has 26 heavy (non-hydrogen) atoms. The Morgan fingerprint density at radius 3 is 2.69 bits per heavy atom. The Labute approximate surface area is 160 Å². The molecule has 0 atom stereocenters. The third kappa shape index (κ3) is 4.97. The van der Waals surface area contributed by atoms with Crippen LogP contribution in [0.15, 0.2) is 65.7 Å². The van der Waals surface area contributed by atoms with Gasteiger partial charge in [0, 0.05) is 16.3 Å². The summed E-state index contributed by atoms with van der Waals surface area (Å²) in [4.78, 5) is 12.0. The lowest BCUT2D eigenvalue weighted by Gasteiger charge is -2.06. The minimum absolute atomic E-state index is 0.129.